The fraction of sp³-hybridized carbons (Fsp3) is 0.970. The summed E-state index contributed by atoms with van der Waals surface area (Å²) in [4.78, 5) is 13.6. The molecule has 0 amide bonds. The fourth-order valence-corrected chi connectivity index (χ4v) is 5.77. The predicted octanol–water partition coefficient (Wildman–Crippen LogP) is 9.07. The summed E-state index contributed by atoms with van der Waals surface area (Å²) in [5.41, 5.74) is -0.919. The van der Waals surface area contributed by atoms with Crippen LogP contribution in [0.5, 0.6) is 0 Å². The summed E-state index contributed by atoms with van der Waals surface area (Å²) in [6.07, 6.45) is 25.7. The minimum atomic E-state index is -1.25. The lowest BCUT2D eigenvalue weighted by Crippen LogP contribution is -2.50. The van der Waals surface area contributed by atoms with Crippen LogP contribution in [0.25, 0.3) is 0 Å². The van der Waals surface area contributed by atoms with E-state index < -0.39 is 24.2 Å². The maximum atomic E-state index is 13.6. The smallest absolute Gasteiger partial charge is 0.141 e. The van der Waals surface area contributed by atoms with Crippen molar-refractivity contribution in [2.24, 2.45) is 5.41 Å². The molecule has 0 aliphatic carbocycles. The van der Waals surface area contributed by atoms with E-state index in [0.717, 1.165) is 38.5 Å². The molecule has 222 valence electrons. The molecule has 0 rings (SSSR count). The van der Waals surface area contributed by atoms with E-state index in [0.29, 0.717) is 19.3 Å². The van der Waals surface area contributed by atoms with Crippen molar-refractivity contribution in [2.75, 3.05) is 6.61 Å². The molecular weight excluding hydrogens is 460 g/mol. The molecule has 2 unspecified atom stereocenters. The van der Waals surface area contributed by atoms with Crippen molar-refractivity contribution in [1.29, 1.82) is 0 Å². The van der Waals surface area contributed by atoms with E-state index in [-0.39, 0.29) is 5.78 Å². The molecule has 3 atom stereocenters. The third-order valence-corrected chi connectivity index (χ3v) is 8.38. The van der Waals surface area contributed by atoms with Gasteiger partial charge < -0.3 is 15.3 Å². The van der Waals surface area contributed by atoms with Gasteiger partial charge in [0.05, 0.1) is 18.1 Å². The van der Waals surface area contributed by atoms with Crippen LogP contribution in [0.3, 0.4) is 0 Å². The van der Waals surface area contributed by atoms with E-state index >= 15 is 0 Å². The van der Waals surface area contributed by atoms with Gasteiger partial charge in [0.25, 0.3) is 0 Å². The summed E-state index contributed by atoms with van der Waals surface area (Å²) in [6, 6.07) is 0. The number of hydrogen-bond acceptors (Lipinski definition) is 4. The van der Waals surface area contributed by atoms with Gasteiger partial charge in [0.1, 0.15) is 11.9 Å². The topological polar surface area (TPSA) is 77.8 Å². The molecule has 0 radical (unpaired) electrons. The summed E-state index contributed by atoms with van der Waals surface area (Å²) in [6.45, 7) is 6.10. The fourth-order valence-electron chi connectivity index (χ4n) is 5.77. The van der Waals surface area contributed by atoms with Crippen LogP contribution in [0.4, 0.5) is 0 Å². The Morgan fingerprint density at radius 2 is 0.892 bits per heavy atom. The standard InChI is InChI=1S/C33H66O4/c1-4-7-10-12-14-16-18-20-22-24-26-31(36)33(27-9-6-3,32(37)30(35)29-34)28-25-23-21-19-17-15-13-11-8-5-2/h30,32,34-35,37H,4-29H2,1-3H3/t30-,32?,33?/m0/s1. The summed E-state index contributed by atoms with van der Waals surface area (Å²) in [7, 11) is 0. The molecule has 4 heteroatoms. The van der Waals surface area contributed by atoms with Crippen LogP contribution in [0.15, 0.2) is 0 Å². The van der Waals surface area contributed by atoms with Gasteiger partial charge in [0, 0.05) is 6.42 Å². The average molecular weight is 527 g/mol. The lowest BCUT2D eigenvalue weighted by Gasteiger charge is -2.39. The van der Waals surface area contributed by atoms with Gasteiger partial charge in [-0.1, -0.05) is 156 Å². The maximum Gasteiger partial charge on any atom is 0.141 e. The molecule has 0 spiro atoms. The SMILES string of the molecule is CCCCCCCCCCCCC(=O)C(CCCC)(CCCCCCCCCCCC)C(O)[C@@H](O)CO. The maximum absolute atomic E-state index is 13.6. The highest BCUT2D eigenvalue weighted by molar-refractivity contribution is 5.85. The molecule has 4 nitrogen and oxygen atoms in total. The Labute approximate surface area is 231 Å². The Hall–Kier alpha value is -0.450. The quantitative estimate of drug-likeness (QED) is 0.0849. The first-order chi connectivity index (χ1) is 18.0. The molecule has 0 aromatic heterocycles. The van der Waals surface area contributed by atoms with E-state index in [1.165, 1.54) is 103 Å². The van der Waals surface area contributed by atoms with E-state index in [1.54, 1.807) is 0 Å². The van der Waals surface area contributed by atoms with Crippen LogP contribution in [0.2, 0.25) is 0 Å². The summed E-state index contributed by atoms with van der Waals surface area (Å²) in [5.74, 6) is 0.108. The van der Waals surface area contributed by atoms with Crippen molar-refractivity contribution >= 4 is 5.78 Å². The summed E-state index contributed by atoms with van der Waals surface area (Å²) < 4.78 is 0. The Kier molecular flexibility index (Phi) is 25.5. The molecule has 0 fully saturated rings. The number of unbranched alkanes of at least 4 members (excludes halogenated alkanes) is 19. The first-order valence-corrected chi connectivity index (χ1v) is 16.5. The van der Waals surface area contributed by atoms with Crippen molar-refractivity contribution < 1.29 is 20.1 Å². The molecule has 0 saturated carbocycles. The number of aliphatic hydroxyl groups excluding tert-OH is 3. The molecule has 0 aromatic rings. The minimum Gasteiger partial charge on any atom is -0.394 e. The average Bonchev–Trinajstić information content (AvgIpc) is 2.91. The molecule has 3 N–H and O–H groups in total. The number of Topliss-reactive ketones (excluding diaryl/α,β-unsaturated/α-hetero) is 1. The Balaban J connectivity index is 4.68. The highest BCUT2D eigenvalue weighted by Gasteiger charge is 2.45. The van der Waals surface area contributed by atoms with Gasteiger partial charge >= 0.3 is 0 Å². The monoisotopic (exact) mass is 526 g/mol. The van der Waals surface area contributed by atoms with Crippen LogP contribution in [-0.4, -0.2) is 39.9 Å². The number of rotatable bonds is 29. The van der Waals surface area contributed by atoms with E-state index in [1.807, 2.05) is 0 Å². The second-order valence-corrected chi connectivity index (χ2v) is 11.7. The lowest BCUT2D eigenvalue weighted by molar-refractivity contribution is -0.148. The van der Waals surface area contributed by atoms with Gasteiger partial charge in [-0.25, -0.2) is 0 Å². The number of carbonyl (C=O) groups is 1. The number of aliphatic hydroxyl groups is 3. The molecule has 0 aromatic carbocycles. The molecule has 0 aliphatic rings. The molecule has 37 heavy (non-hydrogen) atoms. The van der Waals surface area contributed by atoms with E-state index in [4.69, 9.17) is 0 Å². The Morgan fingerprint density at radius 3 is 1.30 bits per heavy atom. The lowest BCUT2D eigenvalue weighted by atomic mass is 9.67. The van der Waals surface area contributed by atoms with Crippen molar-refractivity contribution in [1.82, 2.24) is 0 Å². The van der Waals surface area contributed by atoms with E-state index in [2.05, 4.69) is 20.8 Å². The van der Waals surface area contributed by atoms with Gasteiger partial charge in [-0.05, 0) is 19.3 Å². The third-order valence-electron chi connectivity index (χ3n) is 8.38. The Morgan fingerprint density at radius 1 is 0.541 bits per heavy atom. The number of carbonyl (C=O) groups excluding carboxylic acids is 1. The first kappa shape index (κ1) is 36.5. The van der Waals surface area contributed by atoms with Crippen molar-refractivity contribution in [2.45, 2.75) is 193 Å². The largest absolute Gasteiger partial charge is 0.394 e. The van der Waals surface area contributed by atoms with Crippen LogP contribution in [0, 0.1) is 5.41 Å². The van der Waals surface area contributed by atoms with Crippen LogP contribution in [-0.2, 0) is 4.79 Å². The van der Waals surface area contributed by atoms with Crippen molar-refractivity contribution in [3.05, 3.63) is 0 Å². The predicted molar refractivity (Wildman–Crippen MR) is 159 cm³/mol. The summed E-state index contributed by atoms with van der Waals surface area (Å²) in [5, 5.41) is 31.0. The van der Waals surface area contributed by atoms with Crippen LogP contribution in [0.1, 0.15) is 181 Å². The van der Waals surface area contributed by atoms with Crippen molar-refractivity contribution in [3.8, 4) is 0 Å². The highest BCUT2D eigenvalue weighted by atomic mass is 16.4. The van der Waals surface area contributed by atoms with Gasteiger partial charge in [-0.15, -0.1) is 0 Å². The first-order valence-electron chi connectivity index (χ1n) is 16.5. The zero-order valence-electron chi connectivity index (χ0n) is 25.3. The normalized spacial score (nSPS) is 15.0. The zero-order chi connectivity index (χ0) is 27.6. The van der Waals surface area contributed by atoms with Crippen LogP contribution >= 0.6 is 0 Å². The van der Waals surface area contributed by atoms with Gasteiger partial charge in [-0.3, -0.25) is 4.79 Å². The molecule has 0 bridgehead atoms. The van der Waals surface area contributed by atoms with Gasteiger partial charge in [-0.2, -0.15) is 0 Å². The minimum absolute atomic E-state index is 0.108. The van der Waals surface area contributed by atoms with Crippen LogP contribution < -0.4 is 0 Å². The van der Waals surface area contributed by atoms with Gasteiger partial charge in [0.2, 0.25) is 0 Å². The number of hydrogen-bond donors (Lipinski definition) is 3. The third kappa shape index (κ3) is 17.7. The van der Waals surface area contributed by atoms with E-state index in [9.17, 15) is 20.1 Å². The molecular formula is C33H66O4. The molecule has 0 aliphatic heterocycles. The van der Waals surface area contributed by atoms with Gasteiger partial charge in [0.15, 0.2) is 0 Å². The Bertz CT molecular complexity index is 495. The molecule has 0 heterocycles. The zero-order valence-corrected chi connectivity index (χ0v) is 25.3. The molecule has 0 saturated heterocycles. The summed E-state index contributed by atoms with van der Waals surface area (Å²) >= 11 is 0. The number of ketones is 1. The highest BCUT2D eigenvalue weighted by Crippen LogP contribution is 2.39. The second kappa shape index (κ2) is 25.8. The second-order valence-electron chi connectivity index (χ2n) is 11.7. The van der Waals surface area contributed by atoms with Crippen molar-refractivity contribution in [3.63, 3.8) is 0 Å².